The Kier molecular flexibility index (Phi) is 4.70. The van der Waals surface area contributed by atoms with E-state index in [-0.39, 0.29) is 5.91 Å². The van der Waals surface area contributed by atoms with Crippen molar-refractivity contribution in [3.8, 4) is 0 Å². The average Bonchev–Trinajstić information content (AvgIpc) is 2.39. The lowest BCUT2D eigenvalue weighted by Crippen LogP contribution is -2.31. The van der Waals surface area contributed by atoms with Crippen molar-refractivity contribution in [2.24, 2.45) is 11.8 Å². The highest BCUT2D eigenvalue weighted by Gasteiger charge is 2.19. The highest BCUT2D eigenvalue weighted by molar-refractivity contribution is 6.33. The third kappa shape index (κ3) is 3.87. The van der Waals surface area contributed by atoms with Gasteiger partial charge in [-0.25, -0.2) is 0 Å². The fourth-order valence-corrected chi connectivity index (χ4v) is 2.89. The van der Waals surface area contributed by atoms with Gasteiger partial charge in [0.15, 0.2) is 0 Å². The van der Waals surface area contributed by atoms with E-state index in [0.717, 1.165) is 12.5 Å². The van der Waals surface area contributed by atoms with Gasteiger partial charge in [0.05, 0.1) is 10.7 Å². The first kappa shape index (κ1) is 14.2. The Labute approximate surface area is 119 Å². The SMILES string of the molecule is CC1CCCC(CNC(=O)c2ccc(Cl)c(N)c2)C1. The summed E-state index contributed by atoms with van der Waals surface area (Å²) in [6.45, 7) is 3.04. The van der Waals surface area contributed by atoms with Gasteiger partial charge in [-0.05, 0) is 42.9 Å². The minimum Gasteiger partial charge on any atom is -0.398 e. The van der Waals surface area contributed by atoms with Crippen molar-refractivity contribution in [3.63, 3.8) is 0 Å². The van der Waals surface area contributed by atoms with Crippen molar-refractivity contribution < 1.29 is 4.79 Å². The Bertz CT molecular complexity index is 461. The molecule has 104 valence electrons. The second kappa shape index (κ2) is 6.29. The molecular formula is C15H21ClN2O. The number of amides is 1. The summed E-state index contributed by atoms with van der Waals surface area (Å²) in [5, 5.41) is 3.48. The molecule has 1 aromatic carbocycles. The summed E-state index contributed by atoms with van der Waals surface area (Å²) >= 11 is 5.84. The zero-order valence-electron chi connectivity index (χ0n) is 11.3. The van der Waals surface area contributed by atoms with E-state index in [2.05, 4.69) is 12.2 Å². The molecule has 3 nitrogen and oxygen atoms in total. The predicted octanol–water partition coefficient (Wildman–Crippen LogP) is 3.48. The minimum atomic E-state index is -0.0680. The number of halogens is 1. The molecule has 1 aliphatic carbocycles. The lowest BCUT2D eigenvalue weighted by molar-refractivity contribution is 0.0940. The van der Waals surface area contributed by atoms with Crippen LogP contribution in [0.3, 0.4) is 0 Å². The number of hydrogen-bond donors (Lipinski definition) is 2. The molecule has 0 radical (unpaired) electrons. The fraction of sp³-hybridized carbons (Fsp3) is 0.533. The van der Waals surface area contributed by atoms with Gasteiger partial charge in [-0.2, -0.15) is 0 Å². The van der Waals surface area contributed by atoms with Gasteiger partial charge >= 0.3 is 0 Å². The van der Waals surface area contributed by atoms with E-state index in [4.69, 9.17) is 17.3 Å². The molecule has 0 aliphatic heterocycles. The number of nitrogen functional groups attached to an aromatic ring is 1. The third-order valence-corrected chi connectivity index (χ3v) is 4.20. The van der Waals surface area contributed by atoms with E-state index in [1.54, 1.807) is 18.2 Å². The van der Waals surface area contributed by atoms with Crippen LogP contribution in [0.4, 0.5) is 5.69 Å². The molecule has 0 aromatic heterocycles. The van der Waals surface area contributed by atoms with Crippen LogP contribution in [-0.2, 0) is 0 Å². The number of nitrogens with two attached hydrogens (primary N) is 1. The van der Waals surface area contributed by atoms with Crippen LogP contribution in [0.2, 0.25) is 5.02 Å². The molecule has 3 N–H and O–H groups in total. The van der Waals surface area contributed by atoms with Gasteiger partial charge in [0, 0.05) is 12.1 Å². The molecular weight excluding hydrogens is 260 g/mol. The van der Waals surface area contributed by atoms with E-state index in [1.165, 1.54) is 25.7 Å². The van der Waals surface area contributed by atoms with Crippen molar-refractivity contribution >= 4 is 23.2 Å². The molecule has 2 rings (SSSR count). The van der Waals surface area contributed by atoms with Gasteiger partial charge in [-0.3, -0.25) is 4.79 Å². The lowest BCUT2D eigenvalue weighted by Gasteiger charge is -2.26. The molecule has 0 bridgehead atoms. The van der Waals surface area contributed by atoms with E-state index in [1.807, 2.05) is 0 Å². The van der Waals surface area contributed by atoms with Gasteiger partial charge in [0.2, 0.25) is 0 Å². The van der Waals surface area contributed by atoms with Gasteiger partial charge in [0.25, 0.3) is 5.91 Å². The molecule has 0 heterocycles. The van der Waals surface area contributed by atoms with E-state index in [0.29, 0.717) is 22.2 Å². The number of nitrogens with one attached hydrogen (secondary N) is 1. The third-order valence-electron chi connectivity index (χ3n) is 3.85. The maximum atomic E-state index is 12.0. The smallest absolute Gasteiger partial charge is 0.251 e. The second-order valence-electron chi connectivity index (χ2n) is 5.58. The molecule has 1 fully saturated rings. The Morgan fingerprint density at radius 3 is 2.95 bits per heavy atom. The van der Waals surface area contributed by atoms with Crippen molar-refractivity contribution in [2.45, 2.75) is 32.6 Å². The first-order valence-electron chi connectivity index (χ1n) is 6.89. The topological polar surface area (TPSA) is 55.1 Å². The summed E-state index contributed by atoms with van der Waals surface area (Å²) in [4.78, 5) is 12.0. The molecule has 19 heavy (non-hydrogen) atoms. The number of hydrogen-bond acceptors (Lipinski definition) is 2. The maximum absolute atomic E-state index is 12.0. The van der Waals surface area contributed by atoms with Gasteiger partial charge in [-0.1, -0.05) is 31.4 Å². The fourth-order valence-electron chi connectivity index (χ4n) is 2.77. The van der Waals surface area contributed by atoms with Gasteiger partial charge in [0.1, 0.15) is 0 Å². The van der Waals surface area contributed by atoms with Crippen molar-refractivity contribution in [1.29, 1.82) is 0 Å². The Morgan fingerprint density at radius 2 is 2.26 bits per heavy atom. The molecule has 1 aliphatic rings. The van der Waals surface area contributed by atoms with Crippen molar-refractivity contribution in [3.05, 3.63) is 28.8 Å². The zero-order valence-corrected chi connectivity index (χ0v) is 12.0. The first-order chi connectivity index (χ1) is 9.06. The Balaban J connectivity index is 1.88. The van der Waals surface area contributed by atoms with Crippen LogP contribution in [-0.4, -0.2) is 12.5 Å². The number of rotatable bonds is 3. The van der Waals surface area contributed by atoms with Crippen LogP contribution in [0.1, 0.15) is 43.0 Å². The highest BCUT2D eigenvalue weighted by Crippen LogP contribution is 2.28. The van der Waals surface area contributed by atoms with Crippen LogP contribution in [0.15, 0.2) is 18.2 Å². The van der Waals surface area contributed by atoms with Crippen molar-refractivity contribution in [2.75, 3.05) is 12.3 Å². The van der Waals surface area contributed by atoms with Crippen LogP contribution in [0.5, 0.6) is 0 Å². The largest absolute Gasteiger partial charge is 0.398 e. The Morgan fingerprint density at radius 1 is 1.47 bits per heavy atom. The number of carbonyl (C=O) groups is 1. The maximum Gasteiger partial charge on any atom is 0.251 e. The number of anilines is 1. The number of carbonyl (C=O) groups excluding carboxylic acids is 1. The Hall–Kier alpha value is -1.22. The summed E-state index contributed by atoms with van der Waals surface area (Å²) in [5.41, 5.74) is 6.72. The summed E-state index contributed by atoms with van der Waals surface area (Å²) < 4.78 is 0. The second-order valence-corrected chi connectivity index (χ2v) is 5.99. The van der Waals surface area contributed by atoms with E-state index < -0.39 is 0 Å². The van der Waals surface area contributed by atoms with Crippen LogP contribution in [0.25, 0.3) is 0 Å². The molecule has 0 saturated heterocycles. The van der Waals surface area contributed by atoms with Crippen molar-refractivity contribution in [1.82, 2.24) is 5.32 Å². The normalized spacial score (nSPS) is 23.1. The number of benzene rings is 1. The molecule has 1 amide bonds. The summed E-state index contributed by atoms with van der Waals surface area (Å²) in [6, 6.07) is 4.99. The first-order valence-corrected chi connectivity index (χ1v) is 7.27. The zero-order chi connectivity index (χ0) is 13.8. The standard InChI is InChI=1S/C15H21ClN2O/c1-10-3-2-4-11(7-10)9-18-15(19)12-5-6-13(16)14(17)8-12/h5-6,8,10-11H,2-4,7,9,17H2,1H3,(H,18,19). The van der Waals surface area contributed by atoms with E-state index in [9.17, 15) is 4.79 Å². The van der Waals surface area contributed by atoms with Crippen LogP contribution >= 0.6 is 11.6 Å². The summed E-state index contributed by atoms with van der Waals surface area (Å²) in [5.74, 6) is 1.32. The highest BCUT2D eigenvalue weighted by atomic mass is 35.5. The minimum absolute atomic E-state index is 0.0680. The quantitative estimate of drug-likeness (QED) is 0.833. The predicted molar refractivity (Wildman–Crippen MR) is 79.3 cm³/mol. The molecule has 2 atom stereocenters. The molecule has 0 spiro atoms. The summed E-state index contributed by atoms with van der Waals surface area (Å²) in [7, 11) is 0. The van der Waals surface area contributed by atoms with Crippen LogP contribution < -0.4 is 11.1 Å². The molecule has 1 saturated carbocycles. The van der Waals surface area contributed by atoms with Crippen LogP contribution in [0, 0.1) is 11.8 Å². The average molecular weight is 281 g/mol. The summed E-state index contributed by atoms with van der Waals surface area (Å²) in [6.07, 6.45) is 5.02. The molecule has 2 unspecified atom stereocenters. The monoisotopic (exact) mass is 280 g/mol. The molecule has 4 heteroatoms. The lowest BCUT2D eigenvalue weighted by atomic mass is 9.82. The molecule has 1 aromatic rings. The van der Waals surface area contributed by atoms with Gasteiger partial charge < -0.3 is 11.1 Å². The van der Waals surface area contributed by atoms with Gasteiger partial charge in [-0.15, -0.1) is 0 Å². The van der Waals surface area contributed by atoms with E-state index >= 15 is 0 Å².